The van der Waals surface area contributed by atoms with E-state index in [4.69, 9.17) is 10.5 Å². The molecule has 0 bridgehead atoms. The van der Waals surface area contributed by atoms with Crippen molar-refractivity contribution < 1.29 is 19.1 Å². The molecule has 6 heteroatoms. The summed E-state index contributed by atoms with van der Waals surface area (Å²) < 4.78 is 9.34. The number of alkyl carbamates (subject to hydrolysis) is 1. The first-order chi connectivity index (χ1) is 7.07. The fourth-order valence-corrected chi connectivity index (χ4v) is 0.623. The molecule has 0 saturated carbocycles. The van der Waals surface area contributed by atoms with Crippen molar-refractivity contribution in [1.29, 1.82) is 0 Å². The van der Waals surface area contributed by atoms with Crippen molar-refractivity contribution >= 4 is 12.1 Å². The third-order valence-electron chi connectivity index (χ3n) is 1.30. The van der Waals surface area contributed by atoms with Crippen LogP contribution < -0.4 is 11.1 Å². The number of hydrogen-bond acceptors (Lipinski definition) is 5. The van der Waals surface area contributed by atoms with Gasteiger partial charge in [0, 0.05) is 12.1 Å². The average Bonchev–Trinajstić information content (AvgIpc) is 2.20. The number of ether oxygens (including phenoxy) is 2. The van der Waals surface area contributed by atoms with Crippen molar-refractivity contribution in [2.45, 2.75) is 6.92 Å². The Morgan fingerprint density at radius 1 is 1.33 bits per heavy atom. The van der Waals surface area contributed by atoms with Crippen LogP contribution >= 0.6 is 0 Å². The summed E-state index contributed by atoms with van der Waals surface area (Å²) in [5.74, 6) is -0.480. The first kappa shape index (κ1) is 13.4. The van der Waals surface area contributed by atoms with Crippen LogP contribution in [0.4, 0.5) is 4.79 Å². The van der Waals surface area contributed by atoms with Gasteiger partial charge in [-0.15, -0.1) is 0 Å². The van der Waals surface area contributed by atoms with Crippen molar-refractivity contribution in [3.8, 4) is 0 Å². The minimum Gasteiger partial charge on any atom is -0.460 e. The molecule has 0 saturated heterocycles. The van der Waals surface area contributed by atoms with Gasteiger partial charge in [0.15, 0.2) is 0 Å². The Hall–Kier alpha value is -1.56. The lowest BCUT2D eigenvalue weighted by molar-refractivity contribution is -0.138. The normalized spacial score (nSPS) is 9.20. The molecule has 0 rings (SSSR count). The molecule has 0 aromatic carbocycles. The van der Waals surface area contributed by atoms with Crippen LogP contribution in [-0.4, -0.2) is 38.4 Å². The molecule has 0 aromatic rings. The van der Waals surface area contributed by atoms with Gasteiger partial charge in [-0.05, 0) is 6.92 Å². The van der Waals surface area contributed by atoms with Crippen LogP contribution in [0.2, 0.25) is 0 Å². The molecule has 0 heterocycles. The zero-order valence-electron chi connectivity index (χ0n) is 8.75. The first-order valence-electron chi connectivity index (χ1n) is 4.51. The summed E-state index contributed by atoms with van der Waals surface area (Å²) in [6.45, 7) is 5.68. The lowest BCUT2D eigenvalue weighted by Gasteiger charge is -2.06. The molecule has 86 valence electrons. The van der Waals surface area contributed by atoms with Crippen LogP contribution in [0.3, 0.4) is 0 Å². The van der Waals surface area contributed by atoms with Crippen molar-refractivity contribution in [3.05, 3.63) is 12.2 Å². The highest BCUT2D eigenvalue weighted by Crippen LogP contribution is 1.90. The van der Waals surface area contributed by atoms with E-state index in [-0.39, 0.29) is 26.3 Å². The van der Waals surface area contributed by atoms with E-state index in [0.29, 0.717) is 5.57 Å². The Morgan fingerprint density at radius 3 is 2.53 bits per heavy atom. The average molecular weight is 216 g/mol. The summed E-state index contributed by atoms with van der Waals surface area (Å²) in [6.07, 6.45) is -0.577. The Bertz CT molecular complexity index is 240. The number of rotatable bonds is 6. The van der Waals surface area contributed by atoms with Crippen molar-refractivity contribution in [3.63, 3.8) is 0 Å². The molecule has 0 aromatic heterocycles. The van der Waals surface area contributed by atoms with Crippen LogP contribution in [0.15, 0.2) is 12.2 Å². The fraction of sp³-hybridized carbons (Fsp3) is 0.556. The third-order valence-corrected chi connectivity index (χ3v) is 1.30. The number of amides is 1. The third kappa shape index (κ3) is 7.51. The maximum Gasteiger partial charge on any atom is 0.407 e. The number of hydrogen-bond donors (Lipinski definition) is 2. The van der Waals surface area contributed by atoms with Gasteiger partial charge in [0.25, 0.3) is 0 Å². The fourth-order valence-electron chi connectivity index (χ4n) is 0.623. The zero-order valence-corrected chi connectivity index (χ0v) is 8.75. The summed E-state index contributed by atoms with van der Waals surface area (Å²) in [6, 6.07) is 0. The van der Waals surface area contributed by atoms with E-state index < -0.39 is 12.1 Å². The smallest absolute Gasteiger partial charge is 0.407 e. The molecule has 0 atom stereocenters. The molecule has 0 aliphatic carbocycles. The lowest BCUT2D eigenvalue weighted by Crippen LogP contribution is -2.30. The van der Waals surface area contributed by atoms with Gasteiger partial charge in [-0.1, -0.05) is 6.58 Å². The molecule has 0 radical (unpaired) electrons. The molecular formula is C9H16N2O4. The van der Waals surface area contributed by atoms with E-state index in [0.717, 1.165) is 0 Å². The molecule has 1 amide bonds. The van der Waals surface area contributed by atoms with Crippen LogP contribution in [0, 0.1) is 0 Å². The molecule has 0 aliphatic heterocycles. The maximum atomic E-state index is 10.9. The minimum absolute atomic E-state index is 0.0867. The van der Waals surface area contributed by atoms with E-state index >= 15 is 0 Å². The van der Waals surface area contributed by atoms with E-state index in [1.165, 1.54) is 0 Å². The number of esters is 1. The van der Waals surface area contributed by atoms with Crippen molar-refractivity contribution in [1.82, 2.24) is 5.32 Å². The highest BCUT2D eigenvalue weighted by Gasteiger charge is 2.03. The predicted octanol–water partition coefficient (Wildman–Crippen LogP) is -0.209. The number of carbonyl (C=O) groups excluding carboxylic acids is 2. The van der Waals surface area contributed by atoms with Gasteiger partial charge in [0.2, 0.25) is 0 Å². The van der Waals surface area contributed by atoms with Gasteiger partial charge in [-0.25, -0.2) is 9.59 Å². The van der Waals surface area contributed by atoms with Crippen LogP contribution in [0.5, 0.6) is 0 Å². The Kier molecular flexibility index (Phi) is 7.00. The quantitative estimate of drug-likeness (QED) is 0.364. The van der Waals surface area contributed by atoms with E-state index in [1.807, 2.05) is 0 Å². The van der Waals surface area contributed by atoms with Gasteiger partial charge in [-0.2, -0.15) is 0 Å². The number of nitrogens with two attached hydrogens (primary N) is 1. The van der Waals surface area contributed by atoms with Crippen LogP contribution in [0.25, 0.3) is 0 Å². The predicted molar refractivity (Wildman–Crippen MR) is 54.2 cm³/mol. The molecular weight excluding hydrogens is 200 g/mol. The lowest BCUT2D eigenvalue weighted by atomic mass is 10.4. The summed E-state index contributed by atoms with van der Waals surface area (Å²) >= 11 is 0. The zero-order chi connectivity index (χ0) is 11.7. The Morgan fingerprint density at radius 2 is 2.00 bits per heavy atom. The number of carbonyl (C=O) groups is 2. The largest absolute Gasteiger partial charge is 0.460 e. The SMILES string of the molecule is C=C(C)C(=O)OCCNC(=O)OCCN. The van der Waals surface area contributed by atoms with Gasteiger partial charge in [0.05, 0.1) is 6.54 Å². The minimum atomic E-state index is -0.577. The van der Waals surface area contributed by atoms with Gasteiger partial charge < -0.3 is 20.5 Å². The molecule has 0 spiro atoms. The molecule has 0 fully saturated rings. The second kappa shape index (κ2) is 7.81. The first-order valence-corrected chi connectivity index (χ1v) is 4.51. The van der Waals surface area contributed by atoms with Gasteiger partial charge in [-0.3, -0.25) is 0 Å². The van der Waals surface area contributed by atoms with Gasteiger partial charge >= 0.3 is 12.1 Å². The molecule has 3 N–H and O–H groups in total. The molecule has 0 aliphatic rings. The standard InChI is InChI=1S/C9H16N2O4/c1-7(2)8(12)14-6-4-11-9(13)15-5-3-10/h1,3-6,10H2,2H3,(H,11,13). The van der Waals surface area contributed by atoms with Crippen LogP contribution in [-0.2, 0) is 14.3 Å². The number of nitrogens with one attached hydrogen (secondary N) is 1. The second-order valence-electron chi connectivity index (χ2n) is 2.77. The molecule has 0 unspecified atom stereocenters. The monoisotopic (exact) mass is 216 g/mol. The highest BCUT2D eigenvalue weighted by molar-refractivity contribution is 5.86. The van der Waals surface area contributed by atoms with E-state index in [2.05, 4.69) is 16.6 Å². The van der Waals surface area contributed by atoms with E-state index in [9.17, 15) is 9.59 Å². The van der Waals surface area contributed by atoms with E-state index in [1.54, 1.807) is 6.92 Å². The van der Waals surface area contributed by atoms with Crippen molar-refractivity contribution in [2.75, 3.05) is 26.3 Å². The summed E-state index contributed by atoms with van der Waals surface area (Å²) in [7, 11) is 0. The summed E-state index contributed by atoms with van der Waals surface area (Å²) in [5.41, 5.74) is 5.44. The maximum absolute atomic E-state index is 10.9. The van der Waals surface area contributed by atoms with Crippen LogP contribution in [0.1, 0.15) is 6.92 Å². The molecule has 6 nitrogen and oxygen atoms in total. The highest BCUT2D eigenvalue weighted by atomic mass is 16.6. The Balaban J connectivity index is 3.42. The second-order valence-corrected chi connectivity index (χ2v) is 2.77. The van der Waals surface area contributed by atoms with Gasteiger partial charge in [0.1, 0.15) is 13.2 Å². The molecule has 15 heavy (non-hydrogen) atoms. The van der Waals surface area contributed by atoms with Crippen molar-refractivity contribution in [2.24, 2.45) is 5.73 Å². The summed E-state index contributed by atoms with van der Waals surface area (Å²) in [4.78, 5) is 21.7. The summed E-state index contributed by atoms with van der Waals surface area (Å²) in [5, 5.41) is 2.39. The Labute approximate surface area is 88.4 Å². The topological polar surface area (TPSA) is 90.6 Å².